The van der Waals surface area contributed by atoms with E-state index in [0.717, 1.165) is 28.1 Å². The molecule has 0 saturated heterocycles. The summed E-state index contributed by atoms with van der Waals surface area (Å²) in [6.07, 6.45) is 1.26. The van der Waals surface area contributed by atoms with Gasteiger partial charge in [0.05, 0.1) is 22.2 Å². The fourth-order valence-corrected chi connectivity index (χ4v) is 4.30. The molecule has 3 heterocycles. The van der Waals surface area contributed by atoms with Crippen molar-refractivity contribution in [3.63, 3.8) is 0 Å². The van der Waals surface area contributed by atoms with Gasteiger partial charge in [-0.15, -0.1) is 0 Å². The van der Waals surface area contributed by atoms with Crippen LogP contribution in [0.25, 0.3) is 16.7 Å². The van der Waals surface area contributed by atoms with Gasteiger partial charge in [-0.2, -0.15) is 15.0 Å². The van der Waals surface area contributed by atoms with Crippen LogP contribution in [0.5, 0.6) is 0 Å². The fraction of sp³-hybridized carbons (Fsp3) is 0.120. The predicted octanol–water partition coefficient (Wildman–Crippen LogP) is 3.05. The third kappa shape index (κ3) is 3.75. The molecule has 1 aliphatic rings. The molecule has 2 aromatic carbocycles. The van der Waals surface area contributed by atoms with Crippen molar-refractivity contribution in [3.05, 3.63) is 86.6 Å². The second kappa shape index (κ2) is 8.65. The Morgan fingerprint density at radius 3 is 2.62 bits per heavy atom. The molecule has 182 valence electrons. The summed E-state index contributed by atoms with van der Waals surface area (Å²) in [5.74, 6) is -2.21. The van der Waals surface area contributed by atoms with Crippen LogP contribution >= 0.6 is 0 Å². The minimum absolute atomic E-state index is 0.00919. The number of aromatic nitrogens is 3. The van der Waals surface area contributed by atoms with Gasteiger partial charge in [0.25, 0.3) is 17.5 Å². The highest BCUT2D eigenvalue weighted by molar-refractivity contribution is 6.24. The van der Waals surface area contributed by atoms with Crippen molar-refractivity contribution in [1.29, 1.82) is 5.26 Å². The summed E-state index contributed by atoms with van der Waals surface area (Å²) in [6.45, 7) is 3.10. The van der Waals surface area contributed by atoms with Crippen molar-refractivity contribution in [3.8, 4) is 11.9 Å². The monoisotopic (exact) mass is 495 g/mol. The summed E-state index contributed by atoms with van der Waals surface area (Å²) in [6, 6.07) is 13.2. The van der Waals surface area contributed by atoms with Crippen LogP contribution in [-0.4, -0.2) is 48.9 Å². The maximum Gasteiger partial charge on any atom is 0.282 e. The van der Waals surface area contributed by atoms with Gasteiger partial charge in [-0.1, -0.05) is 24.3 Å². The number of imide groups is 1. The van der Waals surface area contributed by atoms with Gasteiger partial charge < -0.3 is 5.32 Å². The number of nitrogens with zero attached hydrogens (tertiary/aromatic N) is 6. The van der Waals surface area contributed by atoms with Gasteiger partial charge in [-0.3, -0.25) is 29.4 Å². The molecule has 0 radical (unpaired) electrons. The van der Waals surface area contributed by atoms with E-state index in [1.807, 2.05) is 38.1 Å². The Labute approximate surface area is 208 Å². The number of nitrogens with one attached hydrogen (secondary N) is 1. The molecule has 1 N–H and O–H groups in total. The van der Waals surface area contributed by atoms with Crippen molar-refractivity contribution >= 4 is 40.1 Å². The lowest BCUT2D eigenvalue weighted by atomic mass is 10.1. The highest BCUT2D eigenvalue weighted by Gasteiger charge is 2.41. The molecule has 0 bridgehead atoms. The number of carbonyl (C=O) groups excluding carboxylic acids is 3. The summed E-state index contributed by atoms with van der Waals surface area (Å²) in [5, 5.41) is 28.6. The molecule has 12 nitrogen and oxygen atoms in total. The molecular formula is C25H17N7O5. The Balaban J connectivity index is 1.46. The molecule has 37 heavy (non-hydrogen) atoms. The highest BCUT2D eigenvalue weighted by Crippen LogP contribution is 2.31. The number of hydrogen-bond donors (Lipinski definition) is 1. The number of nitriles is 1. The van der Waals surface area contributed by atoms with E-state index >= 15 is 0 Å². The molecule has 3 amide bonds. The minimum atomic E-state index is -0.946. The zero-order valence-electron chi connectivity index (χ0n) is 19.6. The van der Waals surface area contributed by atoms with Crippen LogP contribution in [0.3, 0.4) is 0 Å². The van der Waals surface area contributed by atoms with Crippen molar-refractivity contribution in [1.82, 2.24) is 19.7 Å². The minimum Gasteiger partial charge on any atom is -0.308 e. The van der Waals surface area contributed by atoms with Crippen molar-refractivity contribution in [2.75, 3.05) is 11.9 Å². The Hall–Kier alpha value is -5.44. The molecule has 0 fully saturated rings. The standard InChI is InChI=1S/C25H17N7O5/c1-13-5-3-6-16-14(2)9-19(28-22(13)16)31-23(15(10-26)11-27-31)29-20(33)12-30-24(34)17-7-4-8-18(32(36)37)21(17)25(30)35/h3-9,11H,12H2,1-2H3,(H,29,33). The number of anilines is 1. The van der Waals surface area contributed by atoms with E-state index in [0.29, 0.717) is 10.7 Å². The van der Waals surface area contributed by atoms with E-state index in [9.17, 15) is 29.8 Å². The van der Waals surface area contributed by atoms with Gasteiger partial charge in [-0.25, -0.2) is 4.98 Å². The fourth-order valence-electron chi connectivity index (χ4n) is 4.30. The number of aryl methyl sites for hydroxylation is 2. The number of hydrogen-bond acceptors (Lipinski definition) is 8. The molecule has 0 saturated carbocycles. The second-order valence-corrected chi connectivity index (χ2v) is 8.40. The largest absolute Gasteiger partial charge is 0.308 e. The number of benzene rings is 2. The number of fused-ring (bicyclic) bond motifs is 2. The number of nitro groups is 1. The SMILES string of the molecule is Cc1cc(-n2ncc(C#N)c2NC(=O)CN2C(=O)c3cccc([N+](=O)[O-])c3C2=O)nc2c(C)cccc12. The molecule has 5 rings (SSSR count). The molecule has 0 spiro atoms. The van der Waals surface area contributed by atoms with E-state index in [1.54, 1.807) is 6.07 Å². The van der Waals surface area contributed by atoms with Gasteiger partial charge in [0.1, 0.15) is 23.7 Å². The zero-order chi connectivity index (χ0) is 26.4. The first-order chi connectivity index (χ1) is 17.7. The summed E-state index contributed by atoms with van der Waals surface area (Å²) >= 11 is 0. The highest BCUT2D eigenvalue weighted by atomic mass is 16.6. The maximum absolute atomic E-state index is 13.0. The number of pyridine rings is 1. The first kappa shape index (κ1) is 23.3. The lowest BCUT2D eigenvalue weighted by Crippen LogP contribution is -2.37. The number of para-hydroxylation sites is 1. The Morgan fingerprint density at radius 1 is 1.14 bits per heavy atom. The van der Waals surface area contributed by atoms with Crippen LogP contribution < -0.4 is 5.32 Å². The smallest absolute Gasteiger partial charge is 0.282 e. The van der Waals surface area contributed by atoms with Gasteiger partial charge in [0.2, 0.25) is 5.91 Å². The third-order valence-corrected chi connectivity index (χ3v) is 6.07. The topological polar surface area (TPSA) is 164 Å². The number of rotatable bonds is 5. The Kier molecular flexibility index (Phi) is 5.45. The van der Waals surface area contributed by atoms with Crippen LogP contribution in [-0.2, 0) is 4.79 Å². The molecule has 0 unspecified atom stereocenters. The maximum atomic E-state index is 13.0. The first-order valence-corrected chi connectivity index (χ1v) is 11.0. The van der Waals surface area contributed by atoms with E-state index in [1.165, 1.54) is 23.0 Å². The number of nitro benzene ring substituents is 1. The number of amides is 3. The predicted molar refractivity (Wildman–Crippen MR) is 130 cm³/mol. The summed E-state index contributed by atoms with van der Waals surface area (Å²) in [4.78, 5) is 54.4. The molecule has 1 aliphatic heterocycles. The summed E-state index contributed by atoms with van der Waals surface area (Å²) in [7, 11) is 0. The lowest BCUT2D eigenvalue weighted by Gasteiger charge is -2.15. The Bertz CT molecular complexity index is 1720. The van der Waals surface area contributed by atoms with E-state index in [2.05, 4.69) is 15.4 Å². The first-order valence-electron chi connectivity index (χ1n) is 11.0. The van der Waals surface area contributed by atoms with Crippen LogP contribution in [0.4, 0.5) is 11.5 Å². The van der Waals surface area contributed by atoms with E-state index in [4.69, 9.17) is 0 Å². The lowest BCUT2D eigenvalue weighted by molar-refractivity contribution is -0.385. The van der Waals surface area contributed by atoms with E-state index in [-0.39, 0.29) is 22.5 Å². The van der Waals surface area contributed by atoms with Crippen LogP contribution in [0.15, 0.2) is 48.7 Å². The quantitative estimate of drug-likeness (QED) is 0.251. The number of carbonyl (C=O) groups is 3. The van der Waals surface area contributed by atoms with Crippen LogP contribution in [0, 0.1) is 35.3 Å². The molecule has 12 heteroatoms. The molecule has 0 atom stereocenters. The molecule has 4 aromatic rings. The van der Waals surface area contributed by atoms with Crippen LogP contribution in [0.2, 0.25) is 0 Å². The van der Waals surface area contributed by atoms with Gasteiger partial charge >= 0.3 is 0 Å². The molecular weight excluding hydrogens is 478 g/mol. The van der Waals surface area contributed by atoms with Gasteiger partial charge in [-0.05, 0) is 37.1 Å². The van der Waals surface area contributed by atoms with Gasteiger partial charge in [0.15, 0.2) is 11.6 Å². The zero-order valence-corrected chi connectivity index (χ0v) is 19.6. The average Bonchev–Trinajstić information content (AvgIpc) is 3.38. The van der Waals surface area contributed by atoms with Gasteiger partial charge in [0, 0.05) is 11.5 Å². The van der Waals surface area contributed by atoms with Crippen molar-refractivity contribution in [2.45, 2.75) is 13.8 Å². The third-order valence-electron chi connectivity index (χ3n) is 6.07. The van der Waals surface area contributed by atoms with Crippen molar-refractivity contribution in [2.24, 2.45) is 0 Å². The second-order valence-electron chi connectivity index (χ2n) is 8.40. The average molecular weight is 495 g/mol. The summed E-state index contributed by atoms with van der Waals surface area (Å²) < 4.78 is 1.29. The van der Waals surface area contributed by atoms with Crippen molar-refractivity contribution < 1.29 is 19.3 Å². The van der Waals surface area contributed by atoms with Crippen LogP contribution in [0.1, 0.15) is 37.4 Å². The molecule has 0 aliphatic carbocycles. The Morgan fingerprint density at radius 2 is 1.89 bits per heavy atom. The summed E-state index contributed by atoms with van der Waals surface area (Å²) in [5.41, 5.74) is 1.58. The normalized spacial score (nSPS) is 12.5. The molecule has 2 aromatic heterocycles. The van der Waals surface area contributed by atoms with E-state index < -0.39 is 34.9 Å².